The van der Waals surface area contributed by atoms with Crippen LogP contribution in [0.3, 0.4) is 0 Å². The number of nitrogens with zero attached hydrogens (tertiary/aromatic N) is 1. The maximum absolute atomic E-state index is 12.3. The average Bonchev–Trinajstić information content (AvgIpc) is 2.89. The first-order valence-electron chi connectivity index (χ1n) is 6.45. The summed E-state index contributed by atoms with van der Waals surface area (Å²) in [6.45, 7) is 0.297. The molecule has 20 heavy (non-hydrogen) atoms. The number of carboxylic acid groups (broad SMARTS) is 1. The third-order valence-corrected chi connectivity index (χ3v) is 3.41. The number of anilines is 1. The number of benzene rings is 1. The number of aliphatic carboxylic acids is 1. The zero-order chi connectivity index (χ0) is 14.5. The van der Waals surface area contributed by atoms with Crippen LogP contribution in [-0.2, 0) is 14.3 Å². The highest BCUT2D eigenvalue weighted by atomic mass is 35.5. The van der Waals surface area contributed by atoms with Gasteiger partial charge in [0, 0.05) is 17.3 Å². The first-order valence-corrected chi connectivity index (χ1v) is 6.83. The predicted octanol–water partition coefficient (Wildman–Crippen LogP) is 2.33. The van der Waals surface area contributed by atoms with Crippen LogP contribution in [0.25, 0.3) is 0 Å². The quantitative estimate of drug-likeness (QED) is 0.906. The Morgan fingerprint density at radius 2 is 2.05 bits per heavy atom. The van der Waals surface area contributed by atoms with E-state index in [-0.39, 0.29) is 25.0 Å². The molecule has 1 N–H and O–H groups in total. The van der Waals surface area contributed by atoms with Gasteiger partial charge in [0.2, 0.25) is 5.91 Å². The van der Waals surface area contributed by atoms with Crippen molar-refractivity contribution in [1.29, 1.82) is 0 Å². The standard InChI is InChI=1S/C14H16ClNO4/c15-10-3-5-11(6-4-10)16(9-14(18)19)13(17)8-12-2-1-7-20-12/h3-6,12H,1-2,7-9H2,(H,18,19). The van der Waals surface area contributed by atoms with Crippen molar-refractivity contribution in [3.05, 3.63) is 29.3 Å². The van der Waals surface area contributed by atoms with Crippen LogP contribution in [0.4, 0.5) is 5.69 Å². The van der Waals surface area contributed by atoms with Crippen molar-refractivity contribution in [2.75, 3.05) is 18.1 Å². The molecule has 0 saturated carbocycles. The molecule has 0 bridgehead atoms. The summed E-state index contributed by atoms with van der Waals surface area (Å²) in [5.41, 5.74) is 0.528. The largest absolute Gasteiger partial charge is 0.480 e. The summed E-state index contributed by atoms with van der Waals surface area (Å²) in [4.78, 5) is 24.5. The van der Waals surface area contributed by atoms with Crippen LogP contribution in [0, 0.1) is 0 Å². The number of hydrogen-bond acceptors (Lipinski definition) is 3. The van der Waals surface area contributed by atoms with E-state index in [2.05, 4.69) is 0 Å². The van der Waals surface area contributed by atoms with Crippen LogP contribution in [0.2, 0.25) is 5.02 Å². The summed E-state index contributed by atoms with van der Waals surface area (Å²) >= 11 is 5.80. The lowest BCUT2D eigenvalue weighted by Crippen LogP contribution is -2.37. The molecule has 1 aromatic rings. The fraction of sp³-hybridized carbons (Fsp3) is 0.429. The van der Waals surface area contributed by atoms with E-state index in [0.717, 1.165) is 12.8 Å². The molecule has 1 aliphatic heterocycles. The van der Waals surface area contributed by atoms with Gasteiger partial charge >= 0.3 is 5.97 Å². The van der Waals surface area contributed by atoms with Crippen LogP contribution in [0.1, 0.15) is 19.3 Å². The molecule has 1 aliphatic rings. The van der Waals surface area contributed by atoms with Gasteiger partial charge < -0.3 is 14.7 Å². The molecule has 1 fully saturated rings. The Kier molecular flexibility index (Phi) is 4.98. The van der Waals surface area contributed by atoms with E-state index < -0.39 is 5.97 Å². The van der Waals surface area contributed by atoms with Gasteiger partial charge in [-0.3, -0.25) is 9.59 Å². The van der Waals surface area contributed by atoms with Crippen LogP contribution in [0.15, 0.2) is 24.3 Å². The highest BCUT2D eigenvalue weighted by Gasteiger charge is 2.25. The number of carbonyl (C=O) groups excluding carboxylic acids is 1. The predicted molar refractivity (Wildman–Crippen MR) is 75.0 cm³/mol. The summed E-state index contributed by atoms with van der Waals surface area (Å²) in [5.74, 6) is -1.30. The first kappa shape index (κ1) is 14.8. The summed E-state index contributed by atoms with van der Waals surface area (Å²) in [5, 5.41) is 9.50. The monoisotopic (exact) mass is 297 g/mol. The smallest absolute Gasteiger partial charge is 0.323 e. The van der Waals surface area contributed by atoms with Gasteiger partial charge in [-0.05, 0) is 37.1 Å². The third kappa shape index (κ3) is 3.95. The summed E-state index contributed by atoms with van der Waals surface area (Å²) in [6, 6.07) is 6.54. The number of carbonyl (C=O) groups is 2. The second kappa shape index (κ2) is 6.72. The molecule has 1 saturated heterocycles. The Balaban J connectivity index is 2.11. The highest BCUT2D eigenvalue weighted by molar-refractivity contribution is 6.30. The topological polar surface area (TPSA) is 66.8 Å². The van der Waals surface area contributed by atoms with Crippen LogP contribution in [-0.4, -0.2) is 36.2 Å². The molecule has 1 heterocycles. The van der Waals surface area contributed by atoms with E-state index in [4.69, 9.17) is 21.4 Å². The number of hydrogen-bond donors (Lipinski definition) is 1. The fourth-order valence-electron chi connectivity index (χ4n) is 2.19. The van der Waals surface area contributed by atoms with E-state index >= 15 is 0 Å². The van der Waals surface area contributed by atoms with Crippen molar-refractivity contribution in [3.8, 4) is 0 Å². The van der Waals surface area contributed by atoms with Gasteiger partial charge in [-0.15, -0.1) is 0 Å². The molecular formula is C14H16ClNO4. The van der Waals surface area contributed by atoms with Crippen LogP contribution < -0.4 is 4.90 Å². The molecular weight excluding hydrogens is 282 g/mol. The summed E-state index contributed by atoms with van der Waals surface area (Å²) in [7, 11) is 0. The molecule has 1 unspecified atom stereocenters. The Bertz CT molecular complexity index is 482. The number of rotatable bonds is 5. The SMILES string of the molecule is O=C(O)CN(C(=O)CC1CCCO1)c1ccc(Cl)cc1. The normalized spacial score (nSPS) is 17.9. The summed E-state index contributed by atoms with van der Waals surface area (Å²) < 4.78 is 5.42. The zero-order valence-corrected chi connectivity index (χ0v) is 11.7. The molecule has 2 rings (SSSR count). The third-order valence-electron chi connectivity index (χ3n) is 3.16. The molecule has 108 valence electrons. The van der Waals surface area contributed by atoms with E-state index in [0.29, 0.717) is 17.3 Å². The number of halogens is 1. The molecule has 0 spiro atoms. The molecule has 6 heteroatoms. The molecule has 1 atom stereocenters. The van der Waals surface area contributed by atoms with Crippen molar-refractivity contribution in [2.24, 2.45) is 0 Å². The van der Waals surface area contributed by atoms with Crippen molar-refractivity contribution >= 4 is 29.2 Å². The zero-order valence-electron chi connectivity index (χ0n) is 10.9. The Morgan fingerprint density at radius 3 is 2.60 bits per heavy atom. The summed E-state index contributed by atoms with van der Waals surface area (Å²) in [6.07, 6.45) is 1.88. The number of carboxylic acids is 1. The minimum Gasteiger partial charge on any atom is -0.480 e. The van der Waals surface area contributed by atoms with Crippen molar-refractivity contribution in [1.82, 2.24) is 0 Å². The molecule has 1 amide bonds. The van der Waals surface area contributed by atoms with Gasteiger partial charge in [0.1, 0.15) is 6.54 Å². The van der Waals surface area contributed by atoms with Gasteiger partial charge in [-0.25, -0.2) is 0 Å². The van der Waals surface area contributed by atoms with E-state index in [9.17, 15) is 9.59 Å². The maximum Gasteiger partial charge on any atom is 0.323 e. The average molecular weight is 298 g/mol. The second-order valence-electron chi connectivity index (χ2n) is 4.69. The molecule has 0 radical (unpaired) electrons. The second-order valence-corrected chi connectivity index (χ2v) is 5.13. The molecule has 5 nitrogen and oxygen atoms in total. The minimum absolute atomic E-state index is 0.105. The van der Waals surface area contributed by atoms with Gasteiger partial charge in [-0.2, -0.15) is 0 Å². The lowest BCUT2D eigenvalue weighted by atomic mass is 10.1. The van der Waals surface area contributed by atoms with Gasteiger partial charge in [0.05, 0.1) is 12.5 Å². The fourth-order valence-corrected chi connectivity index (χ4v) is 2.32. The number of amides is 1. The lowest BCUT2D eigenvalue weighted by Gasteiger charge is -2.22. The van der Waals surface area contributed by atoms with Crippen molar-refractivity contribution < 1.29 is 19.4 Å². The molecule has 1 aromatic carbocycles. The lowest BCUT2D eigenvalue weighted by molar-refractivity contribution is -0.137. The number of ether oxygens (including phenoxy) is 1. The maximum atomic E-state index is 12.3. The van der Waals surface area contributed by atoms with Gasteiger partial charge in [0.25, 0.3) is 0 Å². The van der Waals surface area contributed by atoms with Gasteiger partial charge in [0.15, 0.2) is 0 Å². The first-order chi connectivity index (χ1) is 9.56. The Labute approximate surface area is 122 Å². The van der Waals surface area contributed by atoms with E-state index in [1.807, 2.05) is 0 Å². The van der Waals surface area contributed by atoms with Crippen LogP contribution in [0.5, 0.6) is 0 Å². The minimum atomic E-state index is -1.05. The molecule has 0 aliphatic carbocycles. The molecule has 0 aromatic heterocycles. The van der Waals surface area contributed by atoms with Crippen molar-refractivity contribution in [2.45, 2.75) is 25.4 Å². The van der Waals surface area contributed by atoms with E-state index in [1.54, 1.807) is 24.3 Å². The Hall–Kier alpha value is -1.59. The van der Waals surface area contributed by atoms with Crippen molar-refractivity contribution in [3.63, 3.8) is 0 Å². The van der Waals surface area contributed by atoms with E-state index in [1.165, 1.54) is 4.90 Å². The van der Waals surface area contributed by atoms with Crippen LogP contribution >= 0.6 is 11.6 Å². The Morgan fingerprint density at radius 1 is 1.35 bits per heavy atom. The van der Waals surface area contributed by atoms with Gasteiger partial charge in [-0.1, -0.05) is 11.6 Å². The highest BCUT2D eigenvalue weighted by Crippen LogP contribution is 2.21.